The molecule has 2 aromatic carbocycles. The van der Waals surface area contributed by atoms with E-state index in [2.05, 4.69) is 10.2 Å². The van der Waals surface area contributed by atoms with Crippen molar-refractivity contribution in [3.05, 3.63) is 59.4 Å². The molecule has 0 aliphatic heterocycles. The molecule has 3 aromatic rings. The molecule has 12 heteroatoms. The molecule has 3 rings (SSSR count). The maximum absolute atomic E-state index is 12.3. The number of carbonyl (C=O) groups excluding carboxylic acids is 1. The lowest BCUT2D eigenvalue weighted by Gasteiger charge is -2.12. The fraction of sp³-hybridized carbons (Fsp3) is 0.286. The van der Waals surface area contributed by atoms with Crippen LogP contribution >= 0.6 is 23.4 Å². The van der Waals surface area contributed by atoms with Crippen LogP contribution in [0.5, 0.6) is 11.5 Å². The summed E-state index contributed by atoms with van der Waals surface area (Å²) in [4.78, 5) is 11.8. The highest BCUT2D eigenvalue weighted by molar-refractivity contribution is 7.99. The molecule has 0 fully saturated rings. The molecule has 0 spiro atoms. The second-order valence-corrected chi connectivity index (χ2v) is 7.96. The Labute approximate surface area is 197 Å². The number of benzene rings is 2. The zero-order valence-corrected chi connectivity index (χ0v) is 19.0. The van der Waals surface area contributed by atoms with E-state index in [9.17, 15) is 18.0 Å². The Balaban J connectivity index is 1.74. The average Bonchev–Trinajstić information content (AvgIpc) is 3.19. The summed E-state index contributed by atoms with van der Waals surface area (Å²) in [5.74, 6) is 0.711. The number of carbonyl (C=O) groups is 1. The van der Waals surface area contributed by atoms with Crippen molar-refractivity contribution in [2.24, 2.45) is 0 Å². The predicted molar refractivity (Wildman–Crippen MR) is 118 cm³/mol. The Morgan fingerprint density at radius 1 is 1.06 bits per heavy atom. The largest absolute Gasteiger partial charge is 0.494 e. The van der Waals surface area contributed by atoms with Crippen molar-refractivity contribution in [2.75, 3.05) is 18.9 Å². The number of hydrogen-bond donors (Lipinski definition) is 1. The lowest BCUT2D eigenvalue weighted by atomic mass is 10.3. The minimum atomic E-state index is -4.48. The van der Waals surface area contributed by atoms with Crippen LogP contribution in [0.1, 0.15) is 12.7 Å². The second kappa shape index (κ2) is 11.3. The van der Waals surface area contributed by atoms with Crippen LogP contribution in [0.2, 0.25) is 5.02 Å². The summed E-state index contributed by atoms with van der Waals surface area (Å²) in [6.07, 6.45) is -4.48. The van der Waals surface area contributed by atoms with Crippen LogP contribution in [0.25, 0.3) is 5.69 Å². The molecular formula is C21H20ClF3N4O3S. The third-order valence-electron chi connectivity index (χ3n) is 4.11. The van der Waals surface area contributed by atoms with Gasteiger partial charge in [0.05, 0.1) is 12.4 Å². The molecule has 1 aromatic heterocycles. The first kappa shape index (κ1) is 24.7. The molecule has 7 nitrogen and oxygen atoms in total. The molecule has 0 aliphatic rings. The maximum Gasteiger partial charge on any atom is 0.405 e. The van der Waals surface area contributed by atoms with Crippen molar-refractivity contribution in [1.82, 2.24) is 20.1 Å². The molecule has 1 N–H and O–H groups in total. The monoisotopic (exact) mass is 500 g/mol. The van der Waals surface area contributed by atoms with Crippen molar-refractivity contribution in [1.29, 1.82) is 0 Å². The maximum atomic E-state index is 12.3. The first-order valence-corrected chi connectivity index (χ1v) is 11.1. The van der Waals surface area contributed by atoms with Crippen molar-refractivity contribution >= 4 is 29.3 Å². The van der Waals surface area contributed by atoms with E-state index in [0.29, 0.717) is 34.0 Å². The highest BCUT2D eigenvalue weighted by Gasteiger charge is 2.27. The number of alkyl halides is 3. The van der Waals surface area contributed by atoms with E-state index < -0.39 is 18.6 Å². The zero-order valence-electron chi connectivity index (χ0n) is 17.4. The Bertz CT molecular complexity index is 1060. The fourth-order valence-electron chi connectivity index (χ4n) is 2.66. The molecule has 0 unspecified atom stereocenters. The van der Waals surface area contributed by atoms with Crippen molar-refractivity contribution in [3.8, 4) is 17.2 Å². The van der Waals surface area contributed by atoms with E-state index >= 15 is 0 Å². The van der Waals surface area contributed by atoms with Gasteiger partial charge in [-0.2, -0.15) is 13.2 Å². The number of nitrogens with one attached hydrogen (secondary N) is 1. The summed E-state index contributed by atoms with van der Waals surface area (Å²) in [5.41, 5.74) is 0.660. The Kier molecular flexibility index (Phi) is 8.45. The Morgan fingerprint density at radius 3 is 2.30 bits per heavy atom. The number of thioether (sulfide) groups is 1. The highest BCUT2D eigenvalue weighted by Crippen LogP contribution is 2.25. The van der Waals surface area contributed by atoms with Crippen molar-refractivity contribution < 1.29 is 27.4 Å². The molecule has 33 heavy (non-hydrogen) atoms. The van der Waals surface area contributed by atoms with Gasteiger partial charge in [-0.1, -0.05) is 23.4 Å². The Morgan fingerprint density at radius 2 is 1.70 bits per heavy atom. The standard InChI is InChI=1S/C21H20ClF3N4O3S/c1-2-31-16-7-9-17(10-8-16)32-11-18-27-28-20(29(18)15-5-3-14(22)4-6-15)33-12-19(30)26-13-21(23,24)25/h3-10H,2,11-13H2,1H3,(H,26,30). The summed E-state index contributed by atoms with van der Waals surface area (Å²) in [6, 6.07) is 13.9. The molecular weight excluding hydrogens is 481 g/mol. The number of hydrogen-bond acceptors (Lipinski definition) is 6. The van der Waals surface area contributed by atoms with E-state index in [1.807, 2.05) is 12.2 Å². The van der Waals surface area contributed by atoms with E-state index in [4.69, 9.17) is 21.1 Å². The third kappa shape index (κ3) is 7.57. The first-order valence-electron chi connectivity index (χ1n) is 9.77. The first-order chi connectivity index (χ1) is 15.7. The molecule has 0 radical (unpaired) electrons. The minimum Gasteiger partial charge on any atom is -0.494 e. The fourth-order valence-corrected chi connectivity index (χ4v) is 3.59. The quantitative estimate of drug-likeness (QED) is 0.408. The molecule has 176 valence electrons. The number of rotatable bonds is 10. The SMILES string of the molecule is CCOc1ccc(OCc2nnc(SCC(=O)NCC(F)(F)F)n2-c2ccc(Cl)cc2)cc1. The van der Waals surface area contributed by atoms with Gasteiger partial charge in [0.15, 0.2) is 11.0 Å². The van der Waals surface area contributed by atoms with E-state index in [0.717, 1.165) is 17.5 Å². The second-order valence-electron chi connectivity index (χ2n) is 6.58. The van der Waals surface area contributed by atoms with Crippen LogP contribution in [0, 0.1) is 0 Å². The van der Waals surface area contributed by atoms with Gasteiger partial charge in [0.1, 0.15) is 24.7 Å². The van der Waals surface area contributed by atoms with Gasteiger partial charge in [0.25, 0.3) is 0 Å². The van der Waals surface area contributed by atoms with Gasteiger partial charge in [-0.05, 0) is 55.5 Å². The number of ether oxygens (including phenoxy) is 2. The number of nitrogens with zero attached hydrogens (tertiary/aromatic N) is 3. The topological polar surface area (TPSA) is 78.3 Å². The number of aromatic nitrogens is 3. The van der Waals surface area contributed by atoms with Crippen molar-refractivity contribution in [3.63, 3.8) is 0 Å². The van der Waals surface area contributed by atoms with Gasteiger partial charge in [-0.25, -0.2) is 0 Å². The predicted octanol–water partition coefficient (Wildman–Crippen LogP) is 4.67. The molecule has 0 aliphatic carbocycles. The third-order valence-corrected chi connectivity index (χ3v) is 5.29. The minimum absolute atomic E-state index is 0.0600. The molecule has 0 bridgehead atoms. The Hall–Kier alpha value is -2.92. The lowest BCUT2D eigenvalue weighted by Crippen LogP contribution is -2.34. The average molecular weight is 501 g/mol. The molecule has 0 saturated carbocycles. The number of halogens is 4. The van der Waals surface area contributed by atoms with Crippen LogP contribution < -0.4 is 14.8 Å². The summed E-state index contributed by atoms with van der Waals surface area (Å²) in [5, 5.41) is 10.9. The van der Waals surface area contributed by atoms with Crippen LogP contribution in [-0.4, -0.2) is 45.8 Å². The smallest absolute Gasteiger partial charge is 0.405 e. The van der Waals surface area contributed by atoms with Crippen LogP contribution in [0.4, 0.5) is 13.2 Å². The molecule has 1 amide bonds. The summed E-state index contributed by atoms with van der Waals surface area (Å²) in [6.45, 7) is 1.12. The van der Waals surface area contributed by atoms with Gasteiger partial charge in [-0.3, -0.25) is 9.36 Å². The lowest BCUT2D eigenvalue weighted by molar-refractivity contribution is -0.136. The number of amides is 1. The van der Waals surface area contributed by atoms with Crippen LogP contribution in [-0.2, 0) is 11.4 Å². The normalized spacial score (nSPS) is 11.3. The van der Waals surface area contributed by atoms with E-state index in [-0.39, 0.29) is 12.4 Å². The van der Waals surface area contributed by atoms with Gasteiger partial charge in [0, 0.05) is 10.7 Å². The van der Waals surface area contributed by atoms with Crippen molar-refractivity contribution in [2.45, 2.75) is 24.9 Å². The highest BCUT2D eigenvalue weighted by atomic mass is 35.5. The van der Waals surface area contributed by atoms with Crippen LogP contribution in [0.3, 0.4) is 0 Å². The summed E-state index contributed by atoms with van der Waals surface area (Å²) < 4.78 is 49.8. The van der Waals surface area contributed by atoms with Gasteiger partial charge >= 0.3 is 6.18 Å². The molecule has 0 saturated heterocycles. The zero-order chi connectivity index (χ0) is 23.8. The summed E-state index contributed by atoms with van der Waals surface area (Å²) >= 11 is 6.94. The van der Waals surface area contributed by atoms with Gasteiger partial charge < -0.3 is 14.8 Å². The van der Waals surface area contributed by atoms with Gasteiger partial charge in [0.2, 0.25) is 5.91 Å². The van der Waals surface area contributed by atoms with Crippen LogP contribution in [0.15, 0.2) is 53.7 Å². The molecule has 1 heterocycles. The molecule has 0 atom stereocenters. The van der Waals surface area contributed by atoms with Gasteiger partial charge in [-0.15, -0.1) is 10.2 Å². The summed E-state index contributed by atoms with van der Waals surface area (Å²) in [7, 11) is 0. The van der Waals surface area contributed by atoms with E-state index in [1.165, 1.54) is 0 Å². The van der Waals surface area contributed by atoms with E-state index in [1.54, 1.807) is 53.1 Å².